The summed E-state index contributed by atoms with van der Waals surface area (Å²) in [5.41, 5.74) is 11.0. The average molecular weight is 644 g/mol. The van der Waals surface area contributed by atoms with Gasteiger partial charge in [-0.3, -0.25) is 25.0 Å². The van der Waals surface area contributed by atoms with E-state index in [1.165, 1.54) is 36.4 Å². The Kier molecular flexibility index (Phi) is 7.74. The van der Waals surface area contributed by atoms with Gasteiger partial charge >= 0.3 is 0 Å². The van der Waals surface area contributed by atoms with E-state index in [2.05, 4.69) is 21.1 Å². The van der Waals surface area contributed by atoms with E-state index in [1.54, 1.807) is 36.4 Å². The van der Waals surface area contributed by atoms with E-state index in [1.807, 2.05) is 30.3 Å². The van der Waals surface area contributed by atoms with Crippen LogP contribution in [0.25, 0.3) is 23.3 Å². The molecule has 0 aromatic heterocycles. The summed E-state index contributed by atoms with van der Waals surface area (Å²) in [5, 5.41) is 9.26. The van der Waals surface area contributed by atoms with Crippen LogP contribution in [0.5, 0.6) is 0 Å². The number of anilines is 2. The predicted octanol–water partition coefficient (Wildman–Crippen LogP) is 6.73. The van der Waals surface area contributed by atoms with Crippen LogP contribution < -0.4 is 10.9 Å². The van der Waals surface area contributed by atoms with E-state index in [0.717, 1.165) is 22.3 Å². The zero-order chi connectivity index (χ0) is 31.0. The van der Waals surface area contributed by atoms with E-state index in [0.29, 0.717) is 38.3 Å². The van der Waals surface area contributed by atoms with Crippen LogP contribution in [0.2, 0.25) is 10.0 Å². The number of carbonyl (C=O) groups is 2. The molecular formula is C32H20Cl2N4O5S. The zero-order valence-electron chi connectivity index (χ0n) is 22.5. The van der Waals surface area contributed by atoms with Crippen molar-refractivity contribution in [2.24, 2.45) is 10.2 Å². The number of rotatable bonds is 6. The van der Waals surface area contributed by atoms with Crippen LogP contribution in [0.3, 0.4) is 0 Å². The lowest BCUT2D eigenvalue weighted by Crippen LogP contribution is -2.19. The predicted molar refractivity (Wildman–Crippen MR) is 173 cm³/mol. The Hall–Kier alpha value is -4.87. The number of hydrazone groups is 2. The van der Waals surface area contributed by atoms with Crippen molar-refractivity contribution in [1.82, 2.24) is 0 Å². The van der Waals surface area contributed by atoms with Crippen LogP contribution in [0, 0.1) is 0 Å². The quantitative estimate of drug-likeness (QED) is 0.157. The Morgan fingerprint density at radius 2 is 1.14 bits per heavy atom. The summed E-state index contributed by atoms with van der Waals surface area (Å²) in [6.07, 6.45) is 5.96. The van der Waals surface area contributed by atoms with Crippen molar-refractivity contribution in [3.63, 3.8) is 0 Å². The first-order chi connectivity index (χ1) is 21.1. The number of carbonyl (C=O) groups excluding carboxylic acids is 2. The second kappa shape index (κ2) is 11.7. The lowest BCUT2D eigenvalue weighted by Gasteiger charge is -2.14. The maximum Gasteiger partial charge on any atom is 0.294 e. The van der Waals surface area contributed by atoms with Crippen molar-refractivity contribution >= 4 is 79.8 Å². The minimum atomic E-state index is -4.40. The van der Waals surface area contributed by atoms with Gasteiger partial charge in [-0.05, 0) is 70.8 Å². The Bertz CT molecular complexity index is 2120. The number of nitrogens with one attached hydrogen (secondary N) is 2. The molecule has 2 aliphatic rings. The highest BCUT2D eigenvalue weighted by Crippen LogP contribution is 2.33. The fourth-order valence-corrected chi connectivity index (χ4v) is 5.66. The third kappa shape index (κ3) is 5.84. The molecule has 0 saturated carbocycles. The van der Waals surface area contributed by atoms with Gasteiger partial charge < -0.3 is 0 Å². The smallest absolute Gasteiger partial charge is 0.287 e. The highest BCUT2D eigenvalue weighted by molar-refractivity contribution is 7.85. The molecule has 0 spiro atoms. The molecule has 0 aliphatic heterocycles. The number of hydrogen-bond acceptors (Lipinski definition) is 8. The summed E-state index contributed by atoms with van der Waals surface area (Å²) in [7, 11) is -4.40. The highest BCUT2D eigenvalue weighted by atomic mass is 35.5. The molecule has 2 aliphatic carbocycles. The van der Waals surface area contributed by atoms with Crippen LogP contribution in [0.4, 0.5) is 11.4 Å². The fourth-order valence-electron chi connectivity index (χ4n) is 4.70. The van der Waals surface area contributed by atoms with Crippen molar-refractivity contribution in [2.45, 2.75) is 4.90 Å². The van der Waals surface area contributed by atoms with Gasteiger partial charge in [-0.1, -0.05) is 77.8 Å². The maximum absolute atomic E-state index is 12.5. The van der Waals surface area contributed by atoms with Gasteiger partial charge in [0.1, 0.15) is 11.4 Å². The van der Waals surface area contributed by atoms with Crippen molar-refractivity contribution in [3.05, 3.63) is 123 Å². The number of ketones is 2. The van der Waals surface area contributed by atoms with E-state index >= 15 is 0 Å². The van der Waals surface area contributed by atoms with Crippen LogP contribution in [0.1, 0.15) is 22.3 Å². The molecule has 0 unspecified atom stereocenters. The minimum Gasteiger partial charge on any atom is -0.287 e. The summed E-state index contributed by atoms with van der Waals surface area (Å²) < 4.78 is 32.3. The van der Waals surface area contributed by atoms with Gasteiger partial charge in [-0.15, -0.1) is 0 Å². The van der Waals surface area contributed by atoms with Crippen LogP contribution in [0.15, 0.2) is 106 Å². The van der Waals surface area contributed by atoms with E-state index in [-0.39, 0.29) is 22.2 Å². The Morgan fingerprint density at radius 3 is 1.68 bits per heavy atom. The molecule has 0 radical (unpaired) electrons. The third-order valence-electron chi connectivity index (χ3n) is 6.94. The Morgan fingerprint density at radius 1 is 0.614 bits per heavy atom. The average Bonchev–Trinajstić information content (AvgIpc) is 3.00. The number of benzene rings is 4. The van der Waals surface area contributed by atoms with Gasteiger partial charge in [0.15, 0.2) is 0 Å². The molecule has 12 heteroatoms. The molecule has 0 amide bonds. The fraction of sp³-hybridized carbons (Fsp3) is 0. The summed E-state index contributed by atoms with van der Waals surface area (Å²) >= 11 is 13.1. The molecule has 0 bridgehead atoms. The number of allylic oxidation sites excluding steroid dienone is 2. The van der Waals surface area contributed by atoms with Gasteiger partial charge in [0.2, 0.25) is 11.6 Å². The van der Waals surface area contributed by atoms with E-state index in [9.17, 15) is 22.6 Å². The molecule has 9 nitrogen and oxygen atoms in total. The van der Waals surface area contributed by atoms with Gasteiger partial charge in [0, 0.05) is 11.1 Å². The molecule has 0 fully saturated rings. The number of nitrogens with zero attached hydrogens (tertiary/aromatic N) is 2. The molecule has 0 heterocycles. The number of halogens is 2. The SMILES string of the molecule is O=C1C=Cc2ccccc2/C1=N/Nc1ccc(-c2ccc(N/N=C3\C(=O)C=Cc4cc(S(=O)(=O)O)ccc43)c(Cl)c2)cc1Cl. The second-order valence-electron chi connectivity index (χ2n) is 9.74. The van der Waals surface area contributed by atoms with Crippen LogP contribution in [-0.2, 0) is 19.7 Å². The molecule has 44 heavy (non-hydrogen) atoms. The Balaban J connectivity index is 1.20. The van der Waals surface area contributed by atoms with E-state index < -0.39 is 10.1 Å². The first-order valence-corrected chi connectivity index (χ1v) is 15.2. The highest BCUT2D eigenvalue weighted by Gasteiger charge is 2.22. The number of fused-ring (bicyclic) bond motifs is 2. The first-order valence-electron chi connectivity index (χ1n) is 13.0. The standard InChI is InChI=1S/C32H20Cl2N4O5S/c33-25-16-19(5-11-27(25)35-37-31-23-4-2-1-3-18(23)7-13-29(31)39)20-6-12-28(26(34)17-20)36-38-32-24-10-9-22(44(41,42)43)15-21(24)8-14-30(32)40/h1-17,35-36H,(H,41,42,43)/b37-31-,38-32-. The largest absolute Gasteiger partial charge is 0.294 e. The van der Waals surface area contributed by atoms with Crippen molar-refractivity contribution < 1.29 is 22.6 Å². The molecule has 3 N–H and O–H groups in total. The molecule has 0 saturated heterocycles. The third-order valence-corrected chi connectivity index (χ3v) is 8.41. The summed E-state index contributed by atoms with van der Waals surface area (Å²) in [6, 6.07) is 21.9. The van der Waals surface area contributed by atoms with Crippen molar-refractivity contribution in [3.8, 4) is 11.1 Å². The summed E-state index contributed by atoms with van der Waals surface area (Å²) in [5.74, 6) is -0.600. The monoisotopic (exact) mass is 642 g/mol. The summed E-state index contributed by atoms with van der Waals surface area (Å²) in [4.78, 5) is 24.7. The second-order valence-corrected chi connectivity index (χ2v) is 12.0. The molecule has 4 aromatic carbocycles. The van der Waals surface area contributed by atoms with Gasteiger partial charge in [-0.25, -0.2) is 0 Å². The summed E-state index contributed by atoms with van der Waals surface area (Å²) in [6.45, 7) is 0. The molecule has 218 valence electrons. The molecular weight excluding hydrogens is 623 g/mol. The minimum absolute atomic E-state index is 0.0532. The first kappa shape index (κ1) is 29.2. The topological polar surface area (TPSA) is 137 Å². The number of hydrogen-bond donors (Lipinski definition) is 3. The van der Waals surface area contributed by atoms with Crippen molar-refractivity contribution in [2.75, 3.05) is 10.9 Å². The molecule has 4 aromatic rings. The lowest BCUT2D eigenvalue weighted by molar-refractivity contribution is -0.109. The normalized spacial score (nSPS) is 15.8. The maximum atomic E-state index is 12.5. The molecule has 0 atom stereocenters. The van der Waals surface area contributed by atoms with Crippen LogP contribution >= 0.6 is 23.2 Å². The van der Waals surface area contributed by atoms with Gasteiger partial charge in [-0.2, -0.15) is 18.6 Å². The van der Waals surface area contributed by atoms with Gasteiger partial charge in [0.25, 0.3) is 10.1 Å². The van der Waals surface area contributed by atoms with Crippen molar-refractivity contribution in [1.29, 1.82) is 0 Å². The molecule has 6 rings (SSSR count). The lowest BCUT2D eigenvalue weighted by atomic mass is 9.95. The Labute approximate surface area is 262 Å². The van der Waals surface area contributed by atoms with E-state index in [4.69, 9.17) is 23.2 Å². The van der Waals surface area contributed by atoms with Crippen LogP contribution in [-0.4, -0.2) is 36.0 Å². The van der Waals surface area contributed by atoms with Gasteiger partial charge in [0.05, 0.1) is 26.3 Å². The zero-order valence-corrected chi connectivity index (χ0v) is 24.8.